The van der Waals surface area contributed by atoms with E-state index in [9.17, 15) is 8.42 Å². The minimum Gasteiger partial charge on any atom is -0.439 e. The van der Waals surface area contributed by atoms with Gasteiger partial charge in [-0.2, -0.15) is 0 Å². The Bertz CT molecular complexity index is 946. The molecule has 0 bridgehead atoms. The average Bonchev–Trinajstić information content (AvgIpc) is 3.00. The van der Waals surface area contributed by atoms with Gasteiger partial charge in [0, 0.05) is 17.5 Å². The van der Waals surface area contributed by atoms with E-state index >= 15 is 0 Å². The molecule has 3 rings (SSSR count). The summed E-state index contributed by atoms with van der Waals surface area (Å²) < 4.78 is 33.1. The quantitative estimate of drug-likeness (QED) is 0.723. The first-order valence-electron chi connectivity index (χ1n) is 9.52. The SMILES string of the molecule is CC[C@H]1C[C@H](S(=O)(=O)c2c(Cl)ccc3nc(C(C)(C)C)oc23)C[C@@H](C)N1C. The molecule has 0 aliphatic carbocycles. The number of hydrogen-bond acceptors (Lipinski definition) is 5. The number of benzene rings is 1. The van der Waals surface area contributed by atoms with E-state index in [1.807, 2.05) is 20.8 Å². The smallest absolute Gasteiger partial charge is 0.200 e. The van der Waals surface area contributed by atoms with Gasteiger partial charge >= 0.3 is 0 Å². The highest BCUT2D eigenvalue weighted by Gasteiger charge is 2.40. The summed E-state index contributed by atoms with van der Waals surface area (Å²) in [5.74, 6) is 0.513. The van der Waals surface area contributed by atoms with Crippen LogP contribution in [-0.4, -0.2) is 42.7 Å². The number of rotatable bonds is 3. The van der Waals surface area contributed by atoms with Gasteiger partial charge in [-0.15, -0.1) is 0 Å². The van der Waals surface area contributed by atoms with Crippen LogP contribution in [0.25, 0.3) is 11.1 Å². The summed E-state index contributed by atoms with van der Waals surface area (Å²) in [6.07, 6.45) is 2.11. The van der Waals surface area contributed by atoms with Gasteiger partial charge < -0.3 is 9.32 Å². The number of hydrogen-bond donors (Lipinski definition) is 0. The van der Waals surface area contributed by atoms with Crippen molar-refractivity contribution in [2.24, 2.45) is 0 Å². The third-order valence-electron chi connectivity index (χ3n) is 5.71. The van der Waals surface area contributed by atoms with Crippen molar-refractivity contribution < 1.29 is 12.8 Å². The van der Waals surface area contributed by atoms with Crippen molar-refractivity contribution >= 4 is 32.5 Å². The molecule has 1 aromatic carbocycles. The summed E-state index contributed by atoms with van der Waals surface area (Å²) in [6, 6.07) is 3.77. The number of halogens is 1. The Hall–Kier alpha value is -1.11. The third-order valence-corrected chi connectivity index (χ3v) is 8.37. The summed E-state index contributed by atoms with van der Waals surface area (Å²) in [5.41, 5.74) is 0.505. The first-order chi connectivity index (χ1) is 12.5. The molecule has 0 unspecified atom stereocenters. The first kappa shape index (κ1) is 20.6. The van der Waals surface area contributed by atoms with E-state index < -0.39 is 15.1 Å². The zero-order valence-electron chi connectivity index (χ0n) is 16.9. The second kappa shape index (κ2) is 7.05. The zero-order valence-corrected chi connectivity index (χ0v) is 18.5. The summed E-state index contributed by atoms with van der Waals surface area (Å²) in [4.78, 5) is 6.88. The van der Waals surface area contributed by atoms with E-state index in [1.165, 1.54) is 0 Å². The van der Waals surface area contributed by atoms with Gasteiger partial charge in [-0.25, -0.2) is 13.4 Å². The van der Waals surface area contributed by atoms with Crippen molar-refractivity contribution in [2.75, 3.05) is 7.05 Å². The fraction of sp³-hybridized carbons (Fsp3) is 0.650. The highest BCUT2D eigenvalue weighted by atomic mass is 35.5. The molecule has 0 amide bonds. The summed E-state index contributed by atoms with van der Waals surface area (Å²) in [7, 11) is -1.57. The van der Waals surface area contributed by atoms with Crippen LogP contribution in [0.4, 0.5) is 0 Å². The van der Waals surface area contributed by atoms with E-state index in [0.717, 1.165) is 6.42 Å². The number of nitrogens with zero attached hydrogens (tertiary/aromatic N) is 2. The molecule has 1 aliphatic heterocycles. The molecule has 2 aromatic rings. The first-order valence-corrected chi connectivity index (χ1v) is 11.4. The Morgan fingerprint density at radius 2 is 1.96 bits per heavy atom. The lowest BCUT2D eigenvalue weighted by atomic mass is 9.95. The Labute approximate surface area is 167 Å². The molecule has 1 aromatic heterocycles. The van der Waals surface area contributed by atoms with E-state index in [4.69, 9.17) is 16.0 Å². The molecule has 1 aliphatic rings. The van der Waals surface area contributed by atoms with Crippen LogP contribution < -0.4 is 0 Å². The molecule has 0 radical (unpaired) electrons. The lowest BCUT2D eigenvalue weighted by Gasteiger charge is -2.41. The number of fused-ring (bicyclic) bond motifs is 1. The summed E-state index contributed by atoms with van der Waals surface area (Å²) in [5, 5.41) is -0.265. The Morgan fingerprint density at radius 1 is 1.30 bits per heavy atom. The monoisotopic (exact) mass is 412 g/mol. The van der Waals surface area contributed by atoms with Crippen LogP contribution in [0, 0.1) is 0 Å². The van der Waals surface area contributed by atoms with Crippen molar-refractivity contribution in [2.45, 2.75) is 81.5 Å². The van der Waals surface area contributed by atoms with E-state index in [0.29, 0.717) is 24.2 Å². The minimum absolute atomic E-state index is 0.0984. The molecular weight excluding hydrogens is 384 g/mol. The fourth-order valence-corrected chi connectivity index (χ4v) is 6.43. The molecule has 1 fully saturated rings. The van der Waals surface area contributed by atoms with Gasteiger partial charge in [-0.1, -0.05) is 39.3 Å². The van der Waals surface area contributed by atoms with Crippen LogP contribution in [0.3, 0.4) is 0 Å². The topological polar surface area (TPSA) is 63.4 Å². The maximum Gasteiger partial charge on any atom is 0.200 e. The number of piperidine rings is 1. The van der Waals surface area contributed by atoms with Gasteiger partial charge in [0.15, 0.2) is 15.4 Å². The van der Waals surface area contributed by atoms with E-state index in [-0.39, 0.29) is 33.0 Å². The molecule has 0 N–H and O–H groups in total. The molecule has 27 heavy (non-hydrogen) atoms. The predicted molar refractivity (Wildman–Crippen MR) is 109 cm³/mol. The molecule has 0 spiro atoms. The summed E-state index contributed by atoms with van der Waals surface area (Å²) in [6.45, 7) is 10.1. The molecule has 3 atom stereocenters. The van der Waals surface area contributed by atoms with Crippen LogP contribution in [0.15, 0.2) is 21.4 Å². The van der Waals surface area contributed by atoms with Gasteiger partial charge in [-0.3, -0.25) is 0 Å². The van der Waals surface area contributed by atoms with Crippen LogP contribution >= 0.6 is 11.6 Å². The lowest BCUT2D eigenvalue weighted by Crippen LogP contribution is -2.49. The number of aromatic nitrogens is 1. The summed E-state index contributed by atoms with van der Waals surface area (Å²) >= 11 is 6.39. The van der Waals surface area contributed by atoms with Crippen LogP contribution in [-0.2, 0) is 15.3 Å². The predicted octanol–water partition coefficient (Wildman–Crippen LogP) is 4.81. The van der Waals surface area contributed by atoms with E-state index in [1.54, 1.807) is 12.1 Å². The average molecular weight is 413 g/mol. The zero-order chi connectivity index (χ0) is 20.1. The Kier molecular flexibility index (Phi) is 5.38. The Balaban J connectivity index is 2.13. The second-order valence-electron chi connectivity index (χ2n) is 8.71. The highest BCUT2D eigenvalue weighted by molar-refractivity contribution is 7.92. The molecule has 7 heteroatoms. The fourth-order valence-electron chi connectivity index (χ4n) is 3.88. The van der Waals surface area contributed by atoms with Gasteiger partial charge in [0.2, 0.25) is 5.89 Å². The number of likely N-dealkylation sites (tertiary alicyclic amines) is 1. The van der Waals surface area contributed by atoms with Crippen LogP contribution in [0.1, 0.15) is 59.8 Å². The highest BCUT2D eigenvalue weighted by Crippen LogP contribution is 2.39. The van der Waals surface area contributed by atoms with Crippen molar-refractivity contribution in [3.63, 3.8) is 0 Å². The molecular formula is C20H29ClN2O3S. The number of oxazole rings is 1. The maximum absolute atomic E-state index is 13.6. The minimum atomic E-state index is -3.64. The van der Waals surface area contributed by atoms with Gasteiger partial charge in [0.1, 0.15) is 10.4 Å². The van der Waals surface area contributed by atoms with E-state index in [2.05, 4.69) is 30.8 Å². The normalized spacial score (nSPS) is 25.2. The molecule has 5 nitrogen and oxygen atoms in total. The van der Waals surface area contributed by atoms with Gasteiger partial charge in [-0.05, 0) is 45.4 Å². The third kappa shape index (κ3) is 3.64. The molecule has 0 saturated carbocycles. The second-order valence-corrected chi connectivity index (χ2v) is 11.3. The standard InChI is InChI=1S/C20H29ClN2O3S/c1-7-13-11-14(10-12(2)23(13)6)27(24,25)18-15(21)8-9-16-17(18)26-19(22-16)20(3,4)5/h8-9,12-14H,7,10-11H2,1-6H3/t12-,13+,14-/m1/s1. The largest absolute Gasteiger partial charge is 0.439 e. The number of sulfone groups is 1. The molecule has 150 valence electrons. The van der Waals surface area contributed by atoms with Gasteiger partial charge in [0.05, 0.1) is 10.3 Å². The lowest BCUT2D eigenvalue weighted by molar-refractivity contribution is 0.124. The van der Waals surface area contributed by atoms with Crippen molar-refractivity contribution in [1.29, 1.82) is 0 Å². The van der Waals surface area contributed by atoms with Crippen molar-refractivity contribution in [3.8, 4) is 0 Å². The van der Waals surface area contributed by atoms with Gasteiger partial charge in [0.25, 0.3) is 0 Å². The van der Waals surface area contributed by atoms with Crippen molar-refractivity contribution in [1.82, 2.24) is 9.88 Å². The molecule has 2 heterocycles. The molecule has 1 saturated heterocycles. The van der Waals surface area contributed by atoms with Crippen LogP contribution in [0.5, 0.6) is 0 Å². The van der Waals surface area contributed by atoms with Crippen molar-refractivity contribution in [3.05, 3.63) is 23.0 Å². The Morgan fingerprint density at radius 3 is 2.56 bits per heavy atom. The maximum atomic E-state index is 13.6. The van der Waals surface area contributed by atoms with Crippen LogP contribution in [0.2, 0.25) is 5.02 Å².